The average Bonchev–Trinajstić information content (AvgIpc) is 2.64. The molecule has 2 rings (SSSR count). The van der Waals surface area contributed by atoms with Crippen molar-refractivity contribution in [1.82, 2.24) is 0 Å². The van der Waals surface area contributed by atoms with Gasteiger partial charge in [-0.15, -0.1) is 0 Å². The second-order valence-electron chi connectivity index (χ2n) is 2.22. The second-order valence-corrected chi connectivity index (χ2v) is 7.37. The van der Waals surface area contributed by atoms with Gasteiger partial charge in [0, 0.05) is 21.7 Å². The van der Waals surface area contributed by atoms with Crippen molar-refractivity contribution in [3.63, 3.8) is 0 Å². The lowest BCUT2D eigenvalue weighted by Crippen LogP contribution is -1.90. The molecule has 2 fully saturated rings. The van der Waals surface area contributed by atoms with Gasteiger partial charge in [0.25, 0.3) is 0 Å². The highest BCUT2D eigenvalue weighted by molar-refractivity contribution is 8.19. The van der Waals surface area contributed by atoms with Gasteiger partial charge in [0.05, 0.1) is 0 Å². The quantitative estimate of drug-likeness (QED) is 0.621. The summed E-state index contributed by atoms with van der Waals surface area (Å²) in [4.78, 5) is 0. The van der Waals surface area contributed by atoms with Crippen molar-refractivity contribution in [3.8, 4) is 0 Å². The first-order chi connectivity index (χ1) is 5.50. The van der Waals surface area contributed by atoms with E-state index < -0.39 is 0 Å². The van der Waals surface area contributed by atoms with Crippen LogP contribution in [0.15, 0.2) is 0 Å². The first kappa shape index (κ1) is 10.5. The highest BCUT2D eigenvalue weighted by Crippen LogP contribution is 2.20. The van der Waals surface area contributed by atoms with Crippen LogP contribution in [-0.2, 0) is 0 Å². The number of thioether (sulfide) groups is 4. The van der Waals surface area contributed by atoms with Gasteiger partial charge in [-0.1, -0.05) is 0 Å². The summed E-state index contributed by atoms with van der Waals surface area (Å²) in [7, 11) is 0. The van der Waals surface area contributed by atoms with Gasteiger partial charge < -0.3 is 0 Å². The van der Waals surface area contributed by atoms with E-state index in [1.54, 1.807) is 0 Å². The predicted octanol–water partition coefficient (Wildman–Crippen LogP) is 3.24. The number of rotatable bonds is 0. The fourth-order valence-electron chi connectivity index (χ4n) is 0.734. The van der Waals surface area contributed by atoms with Crippen LogP contribution in [0.5, 0.6) is 0 Å². The Morgan fingerprint density at radius 2 is 1.00 bits per heavy atom. The smallest absolute Gasteiger partial charge is 0.0392 e. The molecule has 2 heterocycles. The minimum atomic E-state index is 1.33. The zero-order chi connectivity index (χ0) is 7.78. The molecule has 0 spiro atoms. The van der Waals surface area contributed by atoms with E-state index in [9.17, 15) is 0 Å². The number of hydrogen-bond acceptors (Lipinski definition) is 4. The SMILES string of the molecule is C1CSCS1.C1CSCSC1. The molecule has 0 aromatic rings. The van der Waals surface area contributed by atoms with E-state index in [-0.39, 0.29) is 0 Å². The topological polar surface area (TPSA) is 0 Å². The molecule has 2 aliphatic heterocycles. The Morgan fingerprint density at radius 3 is 1.18 bits per heavy atom. The second kappa shape index (κ2) is 8.02. The van der Waals surface area contributed by atoms with E-state index in [2.05, 4.69) is 23.5 Å². The van der Waals surface area contributed by atoms with Gasteiger partial charge in [0.1, 0.15) is 0 Å². The molecule has 0 N–H and O–H groups in total. The summed E-state index contributed by atoms with van der Waals surface area (Å²) >= 11 is 8.19. The van der Waals surface area contributed by atoms with Gasteiger partial charge in [-0.3, -0.25) is 0 Å². The van der Waals surface area contributed by atoms with Crippen LogP contribution in [0.2, 0.25) is 0 Å². The molecule has 0 aliphatic carbocycles. The maximum absolute atomic E-state index is 2.06. The van der Waals surface area contributed by atoms with Gasteiger partial charge in [-0.2, -0.15) is 47.0 Å². The predicted molar refractivity (Wildman–Crippen MR) is 64.2 cm³/mol. The van der Waals surface area contributed by atoms with Crippen molar-refractivity contribution in [3.05, 3.63) is 0 Å². The molecule has 0 nitrogen and oxygen atoms in total. The van der Waals surface area contributed by atoms with Crippen molar-refractivity contribution in [2.75, 3.05) is 33.2 Å². The Hall–Kier alpha value is 1.40. The Bertz CT molecular complexity index is 59.4. The summed E-state index contributed by atoms with van der Waals surface area (Å²) in [6, 6.07) is 0. The first-order valence-electron chi connectivity index (χ1n) is 3.81. The molecule has 0 saturated carbocycles. The molecule has 0 radical (unpaired) electrons. The minimum Gasteiger partial charge on any atom is -0.151 e. The third-order valence-electron chi connectivity index (χ3n) is 1.28. The van der Waals surface area contributed by atoms with E-state index in [0.717, 1.165) is 0 Å². The number of hydrogen-bond donors (Lipinski definition) is 0. The molecular weight excluding hydrogens is 212 g/mol. The molecule has 0 atom stereocenters. The van der Waals surface area contributed by atoms with E-state index in [1.165, 1.54) is 39.6 Å². The average molecular weight is 226 g/mol. The van der Waals surface area contributed by atoms with E-state index >= 15 is 0 Å². The van der Waals surface area contributed by atoms with Crippen molar-refractivity contribution >= 4 is 47.0 Å². The lowest BCUT2D eigenvalue weighted by Gasteiger charge is -2.05. The fourth-order valence-corrected chi connectivity index (χ4v) is 5.39. The molecule has 2 saturated heterocycles. The summed E-state index contributed by atoms with van der Waals surface area (Å²) < 4.78 is 0. The normalized spacial score (nSPS) is 24.0. The van der Waals surface area contributed by atoms with Crippen LogP contribution in [0.25, 0.3) is 0 Å². The van der Waals surface area contributed by atoms with Gasteiger partial charge in [-0.05, 0) is 17.9 Å². The fraction of sp³-hybridized carbons (Fsp3) is 1.00. The molecule has 0 amide bonds. The summed E-state index contributed by atoms with van der Waals surface area (Å²) in [5.41, 5.74) is 0. The van der Waals surface area contributed by atoms with Crippen LogP contribution in [-0.4, -0.2) is 33.2 Å². The van der Waals surface area contributed by atoms with Crippen molar-refractivity contribution in [2.24, 2.45) is 0 Å². The van der Waals surface area contributed by atoms with E-state index in [4.69, 9.17) is 0 Å². The molecule has 4 heteroatoms. The van der Waals surface area contributed by atoms with Crippen LogP contribution in [0.4, 0.5) is 0 Å². The minimum absolute atomic E-state index is 1.33. The van der Waals surface area contributed by atoms with Crippen LogP contribution in [0, 0.1) is 0 Å². The highest BCUT2D eigenvalue weighted by Gasteiger charge is 1.96. The lowest BCUT2D eigenvalue weighted by atomic mass is 10.6. The maximum Gasteiger partial charge on any atom is 0.0392 e. The Labute approximate surface area is 86.4 Å². The summed E-state index contributed by atoms with van der Waals surface area (Å²) in [5, 5.41) is 2.67. The largest absolute Gasteiger partial charge is 0.151 e. The summed E-state index contributed by atoms with van der Waals surface area (Å²) in [6.45, 7) is 0. The Kier molecular flexibility index (Phi) is 7.64. The molecule has 0 aromatic carbocycles. The first-order valence-corrected chi connectivity index (χ1v) is 8.43. The monoisotopic (exact) mass is 226 g/mol. The van der Waals surface area contributed by atoms with Crippen molar-refractivity contribution < 1.29 is 0 Å². The van der Waals surface area contributed by atoms with Gasteiger partial charge in [-0.25, -0.2) is 0 Å². The lowest BCUT2D eigenvalue weighted by molar-refractivity contribution is 1.12. The van der Waals surface area contributed by atoms with Crippen molar-refractivity contribution in [2.45, 2.75) is 6.42 Å². The van der Waals surface area contributed by atoms with Crippen LogP contribution >= 0.6 is 47.0 Å². The summed E-state index contributed by atoms with van der Waals surface area (Å²) in [5.74, 6) is 5.55. The van der Waals surface area contributed by atoms with E-state index in [1.807, 2.05) is 23.5 Å². The van der Waals surface area contributed by atoms with Gasteiger partial charge in [0.15, 0.2) is 0 Å². The standard InChI is InChI=1S/C4H8S2.C3H6S2/c1-2-5-4-6-3-1;1-2-5-3-4-1/h1-4H2;1-3H2. The Balaban J connectivity index is 0.000000112. The Morgan fingerprint density at radius 1 is 0.545 bits per heavy atom. The van der Waals surface area contributed by atoms with Crippen LogP contribution in [0.1, 0.15) is 6.42 Å². The molecule has 66 valence electrons. The molecule has 0 bridgehead atoms. The molecule has 0 unspecified atom stereocenters. The van der Waals surface area contributed by atoms with Crippen LogP contribution in [0.3, 0.4) is 0 Å². The zero-order valence-corrected chi connectivity index (χ0v) is 9.85. The molecular formula is C7H14S4. The van der Waals surface area contributed by atoms with Gasteiger partial charge in [0.2, 0.25) is 0 Å². The molecule has 0 aromatic heterocycles. The maximum atomic E-state index is 2.06. The third kappa shape index (κ3) is 6.55. The molecule has 2 aliphatic rings. The highest BCUT2D eigenvalue weighted by atomic mass is 32.2. The zero-order valence-electron chi connectivity index (χ0n) is 6.58. The molecule has 11 heavy (non-hydrogen) atoms. The van der Waals surface area contributed by atoms with E-state index in [0.29, 0.717) is 0 Å². The summed E-state index contributed by atoms with van der Waals surface area (Å²) in [6.07, 6.45) is 1.43. The van der Waals surface area contributed by atoms with Gasteiger partial charge >= 0.3 is 0 Å². The van der Waals surface area contributed by atoms with Crippen LogP contribution < -0.4 is 0 Å². The van der Waals surface area contributed by atoms with Crippen molar-refractivity contribution in [1.29, 1.82) is 0 Å². The third-order valence-corrected chi connectivity index (χ3v) is 6.35.